The number of fused-ring (bicyclic) bond motifs is 3. The highest BCUT2D eigenvalue weighted by Gasteiger charge is 2.69. The van der Waals surface area contributed by atoms with E-state index in [9.17, 15) is 14.7 Å². The Balaban J connectivity index is 0.900. The molecule has 0 unspecified atom stereocenters. The van der Waals surface area contributed by atoms with Crippen LogP contribution in [-0.2, 0) is 30.6 Å². The molecule has 8 atom stereocenters. The molecule has 1 aromatic heterocycles. The minimum absolute atomic E-state index is 0.00948. The van der Waals surface area contributed by atoms with E-state index < -0.39 is 23.4 Å². The van der Waals surface area contributed by atoms with Crippen molar-refractivity contribution in [2.24, 2.45) is 23.7 Å². The molecule has 248 valence electrons. The molecule has 0 radical (unpaired) electrons. The molecule has 5 fully saturated rings. The number of hydrogen-bond acceptors (Lipinski definition) is 9. The van der Waals surface area contributed by atoms with Gasteiger partial charge in [-0.15, -0.1) is 0 Å². The van der Waals surface area contributed by atoms with E-state index in [4.69, 9.17) is 28.4 Å². The van der Waals surface area contributed by atoms with Crippen LogP contribution in [0.3, 0.4) is 0 Å². The highest BCUT2D eigenvalue weighted by Crippen LogP contribution is 2.60. The van der Waals surface area contributed by atoms with Gasteiger partial charge in [-0.3, -0.25) is 9.36 Å². The summed E-state index contributed by atoms with van der Waals surface area (Å²) in [5.74, 6) is -0.0511. The third-order valence-corrected chi connectivity index (χ3v) is 10.8. The minimum Gasteiger partial charge on any atom is -0.504 e. The van der Waals surface area contributed by atoms with E-state index in [2.05, 4.69) is 19.2 Å². The highest BCUT2D eigenvalue weighted by molar-refractivity contribution is 5.77. The Morgan fingerprint density at radius 3 is 2.78 bits per heavy atom. The fraction of sp³-hybridized carbons (Fsp3) is 0.600. The molecule has 4 saturated heterocycles. The Bertz CT molecular complexity index is 1670. The summed E-state index contributed by atoms with van der Waals surface area (Å²) in [6.45, 7) is 8.91. The summed E-state index contributed by atoms with van der Waals surface area (Å²) in [5, 5.41) is 13.5. The van der Waals surface area contributed by atoms with Gasteiger partial charge in [0.2, 0.25) is 5.79 Å². The summed E-state index contributed by atoms with van der Waals surface area (Å²) < 4.78 is 25.6. The first kappa shape index (κ1) is 31.2. The van der Waals surface area contributed by atoms with E-state index in [0.717, 1.165) is 44.1 Å². The van der Waals surface area contributed by atoms with Gasteiger partial charge in [-0.05, 0) is 99.1 Å². The third-order valence-electron chi connectivity index (χ3n) is 10.8. The van der Waals surface area contributed by atoms with Crippen LogP contribution >= 0.6 is 0 Å². The summed E-state index contributed by atoms with van der Waals surface area (Å²) in [6, 6.07) is 10.4. The maximum Gasteiger partial charge on any atom is 0.420 e. The number of hydrogen-bond donors (Lipinski definition) is 2. The van der Waals surface area contributed by atoms with Crippen molar-refractivity contribution in [1.29, 1.82) is 0 Å². The Morgan fingerprint density at radius 1 is 1.11 bits per heavy atom. The van der Waals surface area contributed by atoms with Gasteiger partial charge in [-0.1, -0.05) is 26.0 Å². The lowest BCUT2D eigenvalue weighted by molar-refractivity contribution is -0.571. The summed E-state index contributed by atoms with van der Waals surface area (Å²) in [6.07, 6.45) is 5.06. The number of amides is 1. The lowest BCUT2D eigenvalue weighted by atomic mass is 9.57. The molecule has 11 nitrogen and oxygen atoms in total. The Kier molecular flexibility index (Phi) is 8.15. The average molecular weight is 637 g/mol. The second-order valence-electron chi connectivity index (χ2n) is 14.0. The van der Waals surface area contributed by atoms with Crippen LogP contribution in [0.15, 0.2) is 45.6 Å². The van der Waals surface area contributed by atoms with Gasteiger partial charge < -0.3 is 29.1 Å². The molecular formula is C35H44N2O9. The van der Waals surface area contributed by atoms with Gasteiger partial charge in [0.25, 0.3) is 5.91 Å². The largest absolute Gasteiger partial charge is 0.504 e. The lowest BCUT2D eigenvalue weighted by Gasteiger charge is -2.60. The van der Waals surface area contributed by atoms with E-state index in [0.29, 0.717) is 35.0 Å². The summed E-state index contributed by atoms with van der Waals surface area (Å²) >= 11 is 0. The summed E-state index contributed by atoms with van der Waals surface area (Å²) in [7, 11) is 0. The molecule has 2 N–H and O–H groups in total. The van der Waals surface area contributed by atoms with E-state index in [-0.39, 0.29) is 48.5 Å². The van der Waals surface area contributed by atoms with Crippen molar-refractivity contribution in [3.8, 4) is 11.5 Å². The van der Waals surface area contributed by atoms with Crippen LogP contribution in [0, 0.1) is 30.6 Å². The smallest absolute Gasteiger partial charge is 0.420 e. The second-order valence-corrected chi connectivity index (χ2v) is 14.0. The van der Waals surface area contributed by atoms with Crippen molar-refractivity contribution in [2.45, 2.75) is 96.5 Å². The normalized spacial score (nSPS) is 33.4. The lowest BCUT2D eigenvalue weighted by Crippen LogP contribution is -2.70. The van der Waals surface area contributed by atoms with Crippen molar-refractivity contribution >= 4 is 17.0 Å². The quantitative estimate of drug-likeness (QED) is 0.241. The van der Waals surface area contributed by atoms with E-state index in [1.807, 2.05) is 26.0 Å². The first-order valence-electron chi connectivity index (χ1n) is 16.6. The number of nitrogens with zero attached hydrogens (tertiary/aromatic N) is 1. The number of carbonyl (C=O) groups is 1. The fourth-order valence-electron chi connectivity index (χ4n) is 8.32. The number of benzene rings is 2. The van der Waals surface area contributed by atoms with Gasteiger partial charge in [-0.2, -0.15) is 0 Å². The van der Waals surface area contributed by atoms with Gasteiger partial charge in [0.05, 0.1) is 18.2 Å². The molecule has 1 aliphatic carbocycles. The molecule has 2 aromatic carbocycles. The molecule has 4 aliphatic heterocycles. The van der Waals surface area contributed by atoms with E-state index >= 15 is 0 Å². The zero-order chi connectivity index (χ0) is 32.2. The van der Waals surface area contributed by atoms with Crippen LogP contribution < -0.4 is 15.8 Å². The topological polar surface area (TPSA) is 131 Å². The number of rotatable bonds is 9. The number of phenolic OH excluding ortho intramolecular Hbond substituents is 1. The van der Waals surface area contributed by atoms with Crippen LogP contribution in [0.4, 0.5) is 0 Å². The number of aromatic hydroxyl groups is 1. The van der Waals surface area contributed by atoms with Crippen molar-refractivity contribution in [3.05, 3.63) is 58.1 Å². The first-order chi connectivity index (χ1) is 22.1. The molecule has 5 heterocycles. The van der Waals surface area contributed by atoms with Gasteiger partial charge in [0.1, 0.15) is 0 Å². The van der Waals surface area contributed by atoms with E-state index in [1.165, 1.54) is 10.6 Å². The molecule has 11 heteroatoms. The van der Waals surface area contributed by atoms with Crippen molar-refractivity contribution in [1.82, 2.24) is 9.88 Å². The number of ether oxygens (including phenoxy) is 3. The predicted octanol–water partition coefficient (Wildman–Crippen LogP) is 5.18. The monoisotopic (exact) mass is 636 g/mol. The molecule has 5 aliphatic rings. The number of oxazole rings is 1. The first-order valence-corrected chi connectivity index (χ1v) is 16.6. The SMILES string of the molecule is Cc1ccc2oc(=O)n(Cc3ccc(OCC(=O)NCCC[C@@H]4O[C@@H]5O[C@]6(C)CC[C@H]7[C@H](C)CC[C@@H]([C@H]4C)[C@@]57OO6)c(O)c3)c2c1. The standard InChI is InChI=1S/C35H44N2O9/c1-20-7-11-29-26(16-20)37(33(40)43-29)18-23-9-12-30(27(38)17-23)41-19-31(39)36-15-5-6-28-22(3)25-10-8-21(2)24-13-14-34(4)44-32(42-28)35(24,25)46-45-34/h7,9,11-12,16-17,21-22,24-25,28,32,38H,5-6,8,10,13-15,18-19H2,1-4H3,(H,36,39)/t21-,22-,24+,25+,28+,32-,34+,35-/m1/s1. The number of nitrogens with one attached hydrogen (secondary N) is 1. The Labute approximate surface area is 268 Å². The van der Waals surface area contributed by atoms with Crippen molar-refractivity contribution in [2.75, 3.05) is 13.2 Å². The highest BCUT2D eigenvalue weighted by atomic mass is 17.3. The molecule has 1 amide bonds. The third kappa shape index (κ3) is 5.51. The predicted molar refractivity (Wildman–Crippen MR) is 167 cm³/mol. The van der Waals surface area contributed by atoms with Gasteiger partial charge in [-0.25, -0.2) is 14.6 Å². The van der Waals surface area contributed by atoms with Crippen molar-refractivity contribution in [3.63, 3.8) is 0 Å². The molecular weight excluding hydrogens is 592 g/mol. The number of phenols is 1. The zero-order valence-corrected chi connectivity index (χ0v) is 27.0. The van der Waals surface area contributed by atoms with Crippen LogP contribution in [0.1, 0.15) is 70.4 Å². The fourth-order valence-corrected chi connectivity index (χ4v) is 8.32. The number of aromatic nitrogens is 1. The van der Waals surface area contributed by atoms with Crippen LogP contribution in [0.25, 0.3) is 11.1 Å². The molecule has 1 saturated carbocycles. The molecule has 8 rings (SSSR count). The molecule has 1 spiro atoms. The van der Waals surface area contributed by atoms with Gasteiger partial charge in [0, 0.05) is 18.9 Å². The zero-order valence-electron chi connectivity index (χ0n) is 27.0. The van der Waals surface area contributed by atoms with Crippen LogP contribution in [0.2, 0.25) is 0 Å². The molecule has 2 bridgehead atoms. The van der Waals surface area contributed by atoms with Gasteiger partial charge in [0.15, 0.2) is 35.6 Å². The van der Waals surface area contributed by atoms with Crippen LogP contribution in [-0.4, -0.2) is 52.5 Å². The Hall–Kier alpha value is -3.38. The number of aryl methyl sites for hydroxylation is 1. The molecule has 3 aromatic rings. The maximum absolute atomic E-state index is 12.6. The van der Waals surface area contributed by atoms with Gasteiger partial charge >= 0.3 is 5.76 Å². The molecule has 46 heavy (non-hydrogen) atoms. The summed E-state index contributed by atoms with van der Waals surface area (Å²) in [5.41, 5.74) is 2.34. The Morgan fingerprint density at radius 2 is 1.96 bits per heavy atom. The van der Waals surface area contributed by atoms with Crippen molar-refractivity contribution < 1.29 is 38.3 Å². The van der Waals surface area contributed by atoms with Crippen LogP contribution in [0.5, 0.6) is 11.5 Å². The van der Waals surface area contributed by atoms with E-state index in [1.54, 1.807) is 18.2 Å². The minimum atomic E-state index is -0.793. The number of carbonyl (C=O) groups excluding carboxylic acids is 1. The average Bonchev–Trinajstić information content (AvgIpc) is 3.14. The maximum atomic E-state index is 12.6. The second kappa shape index (κ2) is 12.0. The summed E-state index contributed by atoms with van der Waals surface area (Å²) in [4.78, 5) is 37.1.